The first kappa shape index (κ1) is 14.8. The minimum absolute atomic E-state index is 0.0482. The van der Waals surface area contributed by atoms with Crippen molar-refractivity contribution in [1.82, 2.24) is 10.2 Å². The van der Waals surface area contributed by atoms with E-state index in [4.69, 9.17) is 9.47 Å². The fraction of sp³-hybridized carbons (Fsp3) is 0.500. The second-order valence-electron chi connectivity index (χ2n) is 5.83. The number of nitrogens with zero attached hydrogens (tertiary/aromatic N) is 1. The average molecular weight is 304 g/mol. The molecule has 0 unspecified atom stereocenters. The number of nitrogens with one attached hydrogen (secondary N) is 1. The molecule has 6 nitrogen and oxygen atoms in total. The van der Waals surface area contributed by atoms with Crippen LogP contribution in [0.15, 0.2) is 24.3 Å². The Bertz CT molecular complexity index is 580. The van der Waals surface area contributed by atoms with Crippen LogP contribution < -0.4 is 10.1 Å². The molecule has 0 aromatic heterocycles. The number of amides is 3. The van der Waals surface area contributed by atoms with E-state index < -0.39 is 5.54 Å². The van der Waals surface area contributed by atoms with E-state index in [-0.39, 0.29) is 18.0 Å². The molecule has 2 aliphatic heterocycles. The van der Waals surface area contributed by atoms with Gasteiger partial charge in [0.1, 0.15) is 11.3 Å². The molecule has 6 heteroatoms. The number of carbonyl (C=O) groups is 2. The maximum absolute atomic E-state index is 12.7. The van der Waals surface area contributed by atoms with Gasteiger partial charge >= 0.3 is 6.03 Å². The van der Waals surface area contributed by atoms with E-state index in [9.17, 15) is 9.59 Å². The highest BCUT2D eigenvalue weighted by atomic mass is 16.5. The summed E-state index contributed by atoms with van der Waals surface area (Å²) in [4.78, 5) is 26.2. The van der Waals surface area contributed by atoms with Crippen LogP contribution >= 0.6 is 0 Å². The Balaban J connectivity index is 1.81. The molecule has 2 fully saturated rings. The molecule has 0 spiro atoms. The topological polar surface area (TPSA) is 67.9 Å². The fourth-order valence-corrected chi connectivity index (χ4v) is 2.97. The van der Waals surface area contributed by atoms with Gasteiger partial charge in [-0.2, -0.15) is 0 Å². The lowest BCUT2D eigenvalue weighted by Crippen LogP contribution is -2.41. The quantitative estimate of drug-likeness (QED) is 0.859. The minimum atomic E-state index is -1.04. The molecule has 3 amide bonds. The predicted molar refractivity (Wildman–Crippen MR) is 79.6 cm³/mol. The van der Waals surface area contributed by atoms with Crippen LogP contribution in [0.2, 0.25) is 0 Å². The van der Waals surface area contributed by atoms with Gasteiger partial charge in [-0.15, -0.1) is 0 Å². The van der Waals surface area contributed by atoms with Crippen molar-refractivity contribution in [3.63, 3.8) is 0 Å². The van der Waals surface area contributed by atoms with Gasteiger partial charge in [-0.3, -0.25) is 9.69 Å². The van der Waals surface area contributed by atoms with Crippen molar-refractivity contribution in [2.45, 2.75) is 31.4 Å². The van der Waals surface area contributed by atoms with Crippen LogP contribution in [0.5, 0.6) is 5.75 Å². The molecule has 0 radical (unpaired) electrons. The molecule has 0 aliphatic carbocycles. The number of carbonyl (C=O) groups excluding carboxylic acids is 2. The van der Waals surface area contributed by atoms with Crippen LogP contribution in [0, 0.1) is 0 Å². The van der Waals surface area contributed by atoms with Crippen molar-refractivity contribution in [3.05, 3.63) is 29.8 Å². The second kappa shape index (κ2) is 5.61. The third kappa shape index (κ3) is 2.43. The summed E-state index contributed by atoms with van der Waals surface area (Å²) >= 11 is 0. The fourth-order valence-electron chi connectivity index (χ4n) is 2.97. The third-order valence-corrected chi connectivity index (χ3v) is 4.35. The number of urea groups is 1. The van der Waals surface area contributed by atoms with Crippen LogP contribution in [-0.4, -0.2) is 43.2 Å². The van der Waals surface area contributed by atoms with E-state index in [1.807, 2.05) is 0 Å². The normalized spacial score (nSPS) is 28.1. The molecule has 0 bridgehead atoms. The summed E-state index contributed by atoms with van der Waals surface area (Å²) < 4.78 is 10.6. The largest absolute Gasteiger partial charge is 0.497 e. The van der Waals surface area contributed by atoms with Crippen LogP contribution in [0.4, 0.5) is 4.79 Å². The van der Waals surface area contributed by atoms with Crippen LogP contribution in [0.25, 0.3) is 0 Å². The lowest BCUT2D eigenvalue weighted by molar-refractivity contribution is -0.132. The average Bonchev–Trinajstić information content (AvgIpc) is 3.11. The SMILES string of the molecule is COc1ccc([C@@]2(C)NC(=O)N(C[C@@H]3CCCO3)C2=O)cc1. The number of hydrogen-bond donors (Lipinski definition) is 1. The smallest absolute Gasteiger partial charge is 0.325 e. The lowest BCUT2D eigenvalue weighted by Gasteiger charge is -2.23. The summed E-state index contributed by atoms with van der Waals surface area (Å²) in [5.74, 6) is 0.471. The summed E-state index contributed by atoms with van der Waals surface area (Å²) in [5.41, 5.74) is -0.302. The summed E-state index contributed by atoms with van der Waals surface area (Å²) in [5, 5.41) is 2.80. The molecule has 2 atom stereocenters. The molecule has 118 valence electrons. The number of imide groups is 1. The first-order chi connectivity index (χ1) is 10.5. The van der Waals surface area contributed by atoms with Crippen molar-refractivity contribution in [3.8, 4) is 5.75 Å². The zero-order valence-corrected chi connectivity index (χ0v) is 12.8. The number of benzene rings is 1. The Morgan fingerprint density at radius 1 is 1.36 bits per heavy atom. The molecular formula is C16H20N2O4. The standard InChI is InChI=1S/C16H20N2O4/c1-16(11-5-7-12(21-2)8-6-11)14(19)18(15(20)17-16)10-13-4-3-9-22-13/h5-8,13H,3-4,9-10H2,1-2H3,(H,17,20)/t13-,16+/m0/s1. The third-order valence-electron chi connectivity index (χ3n) is 4.35. The molecule has 22 heavy (non-hydrogen) atoms. The van der Waals surface area contributed by atoms with Gasteiger partial charge in [0.05, 0.1) is 19.8 Å². The van der Waals surface area contributed by atoms with Crippen molar-refractivity contribution in [1.29, 1.82) is 0 Å². The van der Waals surface area contributed by atoms with E-state index in [2.05, 4.69) is 5.32 Å². The molecule has 0 saturated carbocycles. The van der Waals surface area contributed by atoms with Gasteiger partial charge in [0.15, 0.2) is 0 Å². The first-order valence-corrected chi connectivity index (χ1v) is 7.45. The van der Waals surface area contributed by atoms with Crippen molar-refractivity contribution in [2.75, 3.05) is 20.3 Å². The Morgan fingerprint density at radius 2 is 2.09 bits per heavy atom. The van der Waals surface area contributed by atoms with Gasteiger partial charge in [-0.05, 0) is 37.5 Å². The zero-order chi connectivity index (χ0) is 15.7. The summed E-state index contributed by atoms with van der Waals surface area (Å²) in [6.07, 6.45) is 1.81. The highest BCUT2D eigenvalue weighted by molar-refractivity contribution is 6.07. The lowest BCUT2D eigenvalue weighted by atomic mass is 9.92. The van der Waals surface area contributed by atoms with Crippen LogP contribution in [-0.2, 0) is 15.1 Å². The predicted octanol–water partition coefficient (Wildman–Crippen LogP) is 1.64. The Morgan fingerprint density at radius 3 is 2.68 bits per heavy atom. The maximum Gasteiger partial charge on any atom is 0.325 e. The van der Waals surface area contributed by atoms with Crippen molar-refractivity contribution in [2.24, 2.45) is 0 Å². The van der Waals surface area contributed by atoms with E-state index in [1.165, 1.54) is 4.90 Å². The Labute approximate surface area is 129 Å². The van der Waals surface area contributed by atoms with Gasteiger partial charge in [0, 0.05) is 6.61 Å². The van der Waals surface area contributed by atoms with Crippen LogP contribution in [0.3, 0.4) is 0 Å². The molecule has 3 rings (SSSR count). The molecule has 1 aromatic rings. The monoisotopic (exact) mass is 304 g/mol. The number of rotatable bonds is 4. The van der Waals surface area contributed by atoms with Gasteiger partial charge in [0.25, 0.3) is 5.91 Å². The number of hydrogen-bond acceptors (Lipinski definition) is 4. The van der Waals surface area contributed by atoms with E-state index in [0.29, 0.717) is 18.9 Å². The molecule has 2 saturated heterocycles. The molecule has 2 heterocycles. The maximum atomic E-state index is 12.7. The number of ether oxygens (including phenoxy) is 2. The Kier molecular flexibility index (Phi) is 3.78. The highest BCUT2D eigenvalue weighted by Crippen LogP contribution is 2.30. The van der Waals surface area contributed by atoms with Crippen LogP contribution in [0.1, 0.15) is 25.3 Å². The van der Waals surface area contributed by atoms with Crippen molar-refractivity contribution < 1.29 is 19.1 Å². The van der Waals surface area contributed by atoms with Gasteiger partial charge in [-0.1, -0.05) is 12.1 Å². The van der Waals surface area contributed by atoms with E-state index >= 15 is 0 Å². The summed E-state index contributed by atoms with van der Waals surface area (Å²) in [6.45, 7) is 2.74. The van der Waals surface area contributed by atoms with Crippen molar-refractivity contribution >= 4 is 11.9 Å². The van der Waals surface area contributed by atoms with E-state index in [0.717, 1.165) is 18.4 Å². The summed E-state index contributed by atoms with van der Waals surface area (Å²) in [6, 6.07) is 6.80. The minimum Gasteiger partial charge on any atom is -0.497 e. The highest BCUT2D eigenvalue weighted by Gasteiger charge is 2.49. The van der Waals surface area contributed by atoms with E-state index in [1.54, 1.807) is 38.3 Å². The Hall–Kier alpha value is -2.08. The zero-order valence-electron chi connectivity index (χ0n) is 12.8. The molecule has 1 aromatic carbocycles. The molecule has 1 N–H and O–H groups in total. The number of methoxy groups -OCH3 is 1. The van der Waals surface area contributed by atoms with Gasteiger partial charge in [0.2, 0.25) is 0 Å². The molecular weight excluding hydrogens is 284 g/mol. The molecule has 2 aliphatic rings. The summed E-state index contributed by atoms with van der Waals surface area (Å²) in [7, 11) is 1.59. The van der Waals surface area contributed by atoms with Gasteiger partial charge < -0.3 is 14.8 Å². The second-order valence-corrected chi connectivity index (χ2v) is 5.83. The van der Waals surface area contributed by atoms with Gasteiger partial charge in [-0.25, -0.2) is 4.79 Å². The first-order valence-electron chi connectivity index (χ1n) is 7.45.